The Hall–Kier alpha value is -3.20. The molecule has 0 aliphatic carbocycles. The fraction of sp³-hybridized carbons (Fsp3) is 0.455. The highest BCUT2D eigenvalue weighted by Gasteiger charge is 2.28. The van der Waals surface area contributed by atoms with Gasteiger partial charge in [-0.2, -0.15) is 0 Å². The Labute approximate surface area is 180 Å². The maximum Gasteiger partial charge on any atom is 0.332 e. The predicted octanol–water partition coefficient (Wildman–Crippen LogP) is -0.511. The fourth-order valence-corrected chi connectivity index (χ4v) is 4.30. The van der Waals surface area contributed by atoms with E-state index in [0.717, 1.165) is 30.7 Å². The van der Waals surface area contributed by atoms with Gasteiger partial charge in [0.2, 0.25) is 0 Å². The second kappa shape index (κ2) is 8.14. The number of para-hydroxylation sites is 1. The van der Waals surface area contributed by atoms with Crippen LogP contribution in [-0.2, 0) is 25.4 Å². The summed E-state index contributed by atoms with van der Waals surface area (Å²) in [4.78, 5) is 45.9. The summed E-state index contributed by atoms with van der Waals surface area (Å²) >= 11 is 0. The van der Waals surface area contributed by atoms with Gasteiger partial charge in [0.25, 0.3) is 5.56 Å². The number of imidazole rings is 1. The number of nitrogens with one attached hydrogen (secondary N) is 1. The van der Waals surface area contributed by atoms with Crippen molar-refractivity contribution in [1.29, 1.82) is 0 Å². The summed E-state index contributed by atoms with van der Waals surface area (Å²) in [6.45, 7) is 7.56. The normalized spacial score (nSPS) is 16.1. The second-order valence-corrected chi connectivity index (χ2v) is 8.31. The zero-order valence-electron chi connectivity index (χ0n) is 18.5. The van der Waals surface area contributed by atoms with Gasteiger partial charge in [-0.05, 0) is 26.0 Å². The SMILES string of the molecule is CC(=O)[C@@H](C)n1c(C[NH+]2CCN(c3ccccc3)CC2)nc2c1c(=O)n(C)c(=O)n2C. The molecule has 0 amide bonds. The minimum atomic E-state index is -0.532. The quantitative estimate of drug-likeness (QED) is 0.595. The lowest BCUT2D eigenvalue weighted by molar-refractivity contribution is -0.915. The first-order valence-electron chi connectivity index (χ1n) is 10.6. The molecule has 0 spiro atoms. The van der Waals surface area contributed by atoms with Crippen LogP contribution in [-0.4, -0.2) is 50.6 Å². The van der Waals surface area contributed by atoms with Gasteiger partial charge in [0.05, 0.1) is 32.2 Å². The third-order valence-corrected chi connectivity index (χ3v) is 6.34. The molecule has 0 unspecified atom stereocenters. The minimum absolute atomic E-state index is 0.0552. The molecule has 9 heteroatoms. The molecule has 1 fully saturated rings. The van der Waals surface area contributed by atoms with Gasteiger partial charge in [-0.25, -0.2) is 9.78 Å². The Morgan fingerprint density at radius 1 is 1.10 bits per heavy atom. The Bertz CT molecular complexity index is 1230. The number of anilines is 1. The summed E-state index contributed by atoms with van der Waals surface area (Å²) in [5, 5.41) is 0. The van der Waals surface area contributed by atoms with Gasteiger partial charge in [-0.3, -0.25) is 18.7 Å². The van der Waals surface area contributed by atoms with Crippen LogP contribution in [0.1, 0.15) is 25.7 Å². The first kappa shape index (κ1) is 21.0. The molecule has 0 bridgehead atoms. The fourth-order valence-electron chi connectivity index (χ4n) is 4.30. The van der Waals surface area contributed by atoms with Gasteiger partial charge in [0.1, 0.15) is 6.54 Å². The molecule has 164 valence electrons. The third-order valence-electron chi connectivity index (χ3n) is 6.34. The van der Waals surface area contributed by atoms with E-state index >= 15 is 0 Å². The molecule has 3 aromatic rings. The zero-order valence-corrected chi connectivity index (χ0v) is 18.5. The standard InChI is InChI=1S/C22H28N6O3/c1-15(16(2)29)28-18(23-20-19(28)21(30)25(4)22(31)24(20)3)14-26-10-12-27(13-11-26)17-8-6-5-7-9-17/h5-9,15H,10-14H2,1-4H3/p+1/t15-/m1/s1. The molecule has 31 heavy (non-hydrogen) atoms. The molecular formula is C22H29N6O3+. The van der Waals surface area contributed by atoms with Gasteiger partial charge in [0, 0.05) is 19.8 Å². The van der Waals surface area contributed by atoms with E-state index in [-0.39, 0.29) is 5.78 Å². The molecule has 1 aliphatic rings. The van der Waals surface area contributed by atoms with Crippen molar-refractivity contribution >= 4 is 22.6 Å². The van der Waals surface area contributed by atoms with E-state index in [9.17, 15) is 14.4 Å². The van der Waals surface area contributed by atoms with Gasteiger partial charge >= 0.3 is 5.69 Å². The average molecular weight is 426 g/mol. The Kier molecular flexibility index (Phi) is 5.53. The minimum Gasteiger partial charge on any atom is -0.360 e. The van der Waals surface area contributed by atoms with Crippen LogP contribution in [0.15, 0.2) is 39.9 Å². The van der Waals surface area contributed by atoms with E-state index < -0.39 is 17.3 Å². The molecule has 2 aromatic heterocycles. The lowest BCUT2D eigenvalue weighted by Crippen LogP contribution is -3.13. The van der Waals surface area contributed by atoms with Crippen molar-refractivity contribution in [2.45, 2.75) is 26.4 Å². The number of carbonyl (C=O) groups excluding carboxylic acids is 1. The van der Waals surface area contributed by atoms with Crippen molar-refractivity contribution in [3.05, 3.63) is 57.0 Å². The van der Waals surface area contributed by atoms with Crippen molar-refractivity contribution in [3.63, 3.8) is 0 Å². The van der Waals surface area contributed by atoms with E-state index in [1.54, 1.807) is 18.5 Å². The number of Topliss-reactive ketones (excluding diaryl/α,β-unsaturated/α-hetero) is 1. The number of aromatic nitrogens is 4. The summed E-state index contributed by atoms with van der Waals surface area (Å²) in [5.74, 6) is 0.611. The third kappa shape index (κ3) is 3.69. The summed E-state index contributed by atoms with van der Waals surface area (Å²) in [5.41, 5.74) is 1.02. The second-order valence-electron chi connectivity index (χ2n) is 8.31. The average Bonchev–Trinajstić information content (AvgIpc) is 3.15. The highest BCUT2D eigenvalue weighted by molar-refractivity contribution is 5.82. The van der Waals surface area contributed by atoms with Crippen LogP contribution in [0.4, 0.5) is 5.69 Å². The first-order valence-corrected chi connectivity index (χ1v) is 10.6. The van der Waals surface area contributed by atoms with Crippen molar-refractivity contribution < 1.29 is 9.69 Å². The summed E-state index contributed by atoms with van der Waals surface area (Å²) in [7, 11) is 3.06. The number of hydrogen-bond acceptors (Lipinski definition) is 5. The van der Waals surface area contributed by atoms with Gasteiger partial charge < -0.3 is 14.4 Å². The smallest absolute Gasteiger partial charge is 0.332 e. The Balaban J connectivity index is 1.68. The van der Waals surface area contributed by atoms with Crippen molar-refractivity contribution in [3.8, 4) is 0 Å². The van der Waals surface area contributed by atoms with Crippen LogP contribution in [0.2, 0.25) is 0 Å². The molecule has 0 radical (unpaired) electrons. The van der Waals surface area contributed by atoms with Crippen LogP contribution in [0, 0.1) is 0 Å². The van der Waals surface area contributed by atoms with Gasteiger partial charge in [-0.15, -0.1) is 0 Å². The Morgan fingerprint density at radius 3 is 2.35 bits per heavy atom. The molecular weight excluding hydrogens is 396 g/mol. The monoisotopic (exact) mass is 425 g/mol. The molecule has 9 nitrogen and oxygen atoms in total. The maximum atomic E-state index is 12.9. The molecule has 1 saturated heterocycles. The van der Waals surface area contributed by atoms with E-state index in [1.807, 2.05) is 18.2 Å². The van der Waals surface area contributed by atoms with Crippen LogP contribution in [0.3, 0.4) is 0 Å². The Morgan fingerprint density at radius 2 is 1.74 bits per heavy atom. The van der Waals surface area contributed by atoms with Gasteiger partial charge in [-0.1, -0.05) is 18.2 Å². The van der Waals surface area contributed by atoms with E-state index in [0.29, 0.717) is 23.5 Å². The highest BCUT2D eigenvalue weighted by Crippen LogP contribution is 2.18. The molecule has 1 N–H and O–H groups in total. The lowest BCUT2D eigenvalue weighted by Gasteiger charge is -2.33. The van der Waals surface area contributed by atoms with Gasteiger partial charge in [0.15, 0.2) is 22.8 Å². The highest BCUT2D eigenvalue weighted by atomic mass is 16.2. The number of quaternary nitrogens is 1. The number of aryl methyl sites for hydroxylation is 1. The number of rotatable bonds is 5. The largest absolute Gasteiger partial charge is 0.360 e. The first-order chi connectivity index (χ1) is 14.8. The van der Waals surface area contributed by atoms with Crippen molar-refractivity contribution in [2.24, 2.45) is 14.1 Å². The number of benzene rings is 1. The van der Waals surface area contributed by atoms with Crippen LogP contribution >= 0.6 is 0 Å². The summed E-state index contributed by atoms with van der Waals surface area (Å²) < 4.78 is 4.19. The molecule has 4 rings (SSSR count). The number of fused-ring (bicyclic) bond motifs is 1. The van der Waals surface area contributed by atoms with E-state index in [4.69, 9.17) is 0 Å². The van der Waals surface area contributed by atoms with Crippen LogP contribution < -0.4 is 21.0 Å². The number of ketones is 1. The predicted molar refractivity (Wildman–Crippen MR) is 119 cm³/mol. The topological polar surface area (TPSA) is 86.6 Å². The van der Waals surface area contributed by atoms with Crippen molar-refractivity contribution in [1.82, 2.24) is 18.7 Å². The van der Waals surface area contributed by atoms with Crippen molar-refractivity contribution in [2.75, 3.05) is 31.1 Å². The molecule has 1 aliphatic heterocycles. The summed E-state index contributed by atoms with van der Waals surface area (Å²) in [6, 6.07) is 9.82. The lowest BCUT2D eigenvalue weighted by atomic mass is 10.2. The van der Waals surface area contributed by atoms with E-state index in [2.05, 4.69) is 22.0 Å². The van der Waals surface area contributed by atoms with Crippen LogP contribution in [0.25, 0.3) is 11.2 Å². The molecule has 0 saturated carbocycles. The zero-order chi connectivity index (χ0) is 22.3. The number of nitrogens with zero attached hydrogens (tertiary/aromatic N) is 5. The maximum absolute atomic E-state index is 12.9. The number of hydrogen-bond donors (Lipinski definition) is 1. The number of piperazine rings is 1. The number of carbonyl (C=O) groups is 1. The molecule has 1 aromatic carbocycles. The van der Waals surface area contributed by atoms with Crippen LogP contribution in [0.5, 0.6) is 0 Å². The summed E-state index contributed by atoms with van der Waals surface area (Å²) in [6.07, 6.45) is 0. The molecule has 3 heterocycles. The molecule has 1 atom stereocenters. The van der Waals surface area contributed by atoms with E-state index in [1.165, 1.54) is 29.1 Å².